The monoisotopic (exact) mass is 355 g/mol. The standard InChI is InChI=1S/C15H15Cl2N3O3/c1-8(15(22)23)9(2)18-14(21)13-5-6-20(19-13)10-3-4-11(16)12(17)7-10/h3-9H,1-2H3,(H,18,21)(H,22,23). The number of aromatic nitrogens is 2. The Morgan fingerprint density at radius 1 is 1.22 bits per heavy atom. The fourth-order valence-electron chi connectivity index (χ4n) is 1.84. The van der Waals surface area contributed by atoms with Gasteiger partial charge in [0.1, 0.15) is 0 Å². The zero-order valence-corrected chi connectivity index (χ0v) is 14.0. The van der Waals surface area contributed by atoms with Crippen molar-refractivity contribution < 1.29 is 14.7 Å². The van der Waals surface area contributed by atoms with Crippen molar-refractivity contribution in [1.82, 2.24) is 15.1 Å². The van der Waals surface area contributed by atoms with Crippen LogP contribution in [0.4, 0.5) is 0 Å². The molecule has 1 amide bonds. The summed E-state index contributed by atoms with van der Waals surface area (Å²) in [5.74, 6) is -2.11. The Morgan fingerprint density at radius 3 is 2.52 bits per heavy atom. The van der Waals surface area contributed by atoms with Crippen LogP contribution in [-0.2, 0) is 4.79 Å². The average Bonchev–Trinajstić information content (AvgIpc) is 2.99. The van der Waals surface area contributed by atoms with Gasteiger partial charge >= 0.3 is 5.97 Å². The Hall–Kier alpha value is -2.05. The van der Waals surface area contributed by atoms with Gasteiger partial charge in [0.05, 0.1) is 21.7 Å². The number of halogens is 2. The van der Waals surface area contributed by atoms with E-state index in [2.05, 4.69) is 10.4 Å². The molecule has 0 saturated carbocycles. The summed E-state index contributed by atoms with van der Waals surface area (Å²) in [5, 5.41) is 16.5. The van der Waals surface area contributed by atoms with E-state index in [0.717, 1.165) is 0 Å². The smallest absolute Gasteiger partial charge is 0.308 e. The van der Waals surface area contributed by atoms with Gasteiger partial charge in [0.15, 0.2) is 5.69 Å². The summed E-state index contributed by atoms with van der Waals surface area (Å²) in [5.41, 5.74) is 0.839. The van der Waals surface area contributed by atoms with Gasteiger partial charge in [-0.25, -0.2) is 4.68 Å². The normalized spacial score (nSPS) is 13.4. The van der Waals surface area contributed by atoms with E-state index in [4.69, 9.17) is 28.3 Å². The van der Waals surface area contributed by atoms with E-state index >= 15 is 0 Å². The van der Waals surface area contributed by atoms with Gasteiger partial charge in [-0.05, 0) is 38.1 Å². The molecule has 0 fully saturated rings. The van der Waals surface area contributed by atoms with Crippen LogP contribution in [0.25, 0.3) is 5.69 Å². The molecule has 6 nitrogen and oxygen atoms in total. The number of nitrogens with one attached hydrogen (secondary N) is 1. The number of carbonyl (C=O) groups excluding carboxylic acids is 1. The number of hydrogen-bond donors (Lipinski definition) is 2. The number of rotatable bonds is 5. The van der Waals surface area contributed by atoms with E-state index in [1.807, 2.05) is 0 Å². The molecule has 1 aromatic carbocycles. The number of nitrogens with zero attached hydrogens (tertiary/aromatic N) is 2. The molecule has 0 aliphatic rings. The first-order chi connectivity index (χ1) is 10.8. The highest BCUT2D eigenvalue weighted by Gasteiger charge is 2.22. The number of carbonyl (C=O) groups is 2. The molecule has 8 heteroatoms. The molecule has 2 N–H and O–H groups in total. The molecule has 0 spiro atoms. The van der Waals surface area contributed by atoms with Crippen LogP contribution in [-0.4, -0.2) is 32.8 Å². The Bertz CT molecular complexity index is 745. The third-order valence-corrected chi connectivity index (χ3v) is 4.23. The molecular weight excluding hydrogens is 341 g/mol. The van der Waals surface area contributed by atoms with Crippen LogP contribution in [0.3, 0.4) is 0 Å². The van der Waals surface area contributed by atoms with Crippen molar-refractivity contribution in [2.75, 3.05) is 0 Å². The molecule has 0 bridgehead atoms. The van der Waals surface area contributed by atoms with Crippen LogP contribution >= 0.6 is 23.2 Å². The number of carboxylic acids is 1. The summed E-state index contributed by atoms with van der Waals surface area (Å²) in [6, 6.07) is 6.01. The van der Waals surface area contributed by atoms with E-state index < -0.39 is 23.8 Å². The minimum absolute atomic E-state index is 0.181. The number of amides is 1. The van der Waals surface area contributed by atoms with Crippen molar-refractivity contribution in [2.45, 2.75) is 19.9 Å². The maximum Gasteiger partial charge on any atom is 0.308 e. The molecule has 2 rings (SSSR count). The maximum atomic E-state index is 12.1. The second-order valence-electron chi connectivity index (χ2n) is 5.13. The largest absolute Gasteiger partial charge is 0.481 e. The average molecular weight is 356 g/mol. The molecule has 2 unspecified atom stereocenters. The number of aliphatic carboxylic acids is 1. The summed E-state index contributed by atoms with van der Waals surface area (Å²) in [7, 11) is 0. The van der Waals surface area contributed by atoms with Gasteiger partial charge in [-0.3, -0.25) is 9.59 Å². The summed E-state index contributed by atoms with van der Waals surface area (Å²) in [4.78, 5) is 23.0. The lowest BCUT2D eigenvalue weighted by atomic mass is 10.0. The summed E-state index contributed by atoms with van der Waals surface area (Å²) < 4.78 is 1.49. The molecule has 1 heterocycles. The molecular formula is C15H15Cl2N3O3. The van der Waals surface area contributed by atoms with Crippen molar-refractivity contribution in [3.8, 4) is 5.69 Å². The molecule has 122 valence electrons. The molecule has 0 aliphatic carbocycles. The van der Waals surface area contributed by atoms with Gasteiger partial charge < -0.3 is 10.4 Å². The number of benzene rings is 1. The van der Waals surface area contributed by atoms with Crippen LogP contribution in [0, 0.1) is 5.92 Å². The third-order valence-electron chi connectivity index (χ3n) is 3.49. The van der Waals surface area contributed by atoms with Crippen LogP contribution < -0.4 is 5.32 Å². The molecule has 1 aromatic heterocycles. The van der Waals surface area contributed by atoms with Crippen molar-refractivity contribution in [3.05, 3.63) is 46.2 Å². The fraction of sp³-hybridized carbons (Fsp3) is 0.267. The Balaban J connectivity index is 2.13. The van der Waals surface area contributed by atoms with Gasteiger partial charge in [-0.15, -0.1) is 0 Å². The van der Waals surface area contributed by atoms with Crippen LogP contribution in [0.2, 0.25) is 10.0 Å². The summed E-state index contributed by atoms with van der Waals surface area (Å²) >= 11 is 11.8. The zero-order valence-electron chi connectivity index (χ0n) is 12.5. The van der Waals surface area contributed by atoms with Gasteiger partial charge in [0.2, 0.25) is 0 Å². The Morgan fingerprint density at radius 2 is 1.91 bits per heavy atom. The number of carboxylic acid groups (broad SMARTS) is 1. The van der Waals surface area contributed by atoms with Gasteiger partial charge in [-0.1, -0.05) is 23.2 Å². The lowest BCUT2D eigenvalue weighted by Crippen LogP contribution is -2.40. The first kappa shape index (κ1) is 17.3. The molecule has 0 aliphatic heterocycles. The topological polar surface area (TPSA) is 84.2 Å². The van der Waals surface area contributed by atoms with Crippen LogP contribution in [0.1, 0.15) is 24.3 Å². The fourth-order valence-corrected chi connectivity index (χ4v) is 2.13. The van der Waals surface area contributed by atoms with E-state index in [9.17, 15) is 9.59 Å². The van der Waals surface area contributed by atoms with Crippen LogP contribution in [0.15, 0.2) is 30.5 Å². The van der Waals surface area contributed by atoms with Crippen LogP contribution in [0.5, 0.6) is 0 Å². The van der Waals surface area contributed by atoms with E-state index in [0.29, 0.717) is 15.7 Å². The first-order valence-corrected chi connectivity index (χ1v) is 7.60. The predicted octanol–water partition coefficient (Wildman–Crippen LogP) is 3.02. The highest BCUT2D eigenvalue weighted by Crippen LogP contribution is 2.24. The molecule has 0 radical (unpaired) electrons. The highest BCUT2D eigenvalue weighted by atomic mass is 35.5. The maximum absolute atomic E-state index is 12.1. The highest BCUT2D eigenvalue weighted by molar-refractivity contribution is 6.42. The van der Waals surface area contributed by atoms with Crippen molar-refractivity contribution >= 4 is 35.1 Å². The zero-order chi connectivity index (χ0) is 17.1. The lowest BCUT2D eigenvalue weighted by molar-refractivity contribution is -0.141. The Kier molecular flexibility index (Phi) is 5.28. The third kappa shape index (κ3) is 4.03. The Labute approximate surface area is 143 Å². The molecule has 2 aromatic rings. The summed E-state index contributed by atoms with van der Waals surface area (Å²) in [6.45, 7) is 3.16. The van der Waals surface area contributed by atoms with E-state index in [1.165, 1.54) is 17.7 Å². The molecule has 0 saturated heterocycles. The predicted molar refractivity (Wildman–Crippen MR) is 87.3 cm³/mol. The van der Waals surface area contributed by atoms with Gasteiger partial charge in [0, 0.05) is 12.2 Å². The number of hydrogen-bond acceptors (Lipinski definition) is 3. The molecule has 2 atom stereocenters. The SMILES string of the molecule is CC(NC(=O)c1ccn(-c2ccc(Cl)c(Cl)c2)n1)C(C)C(=O)O. The second kappa shape index (κ2) is 7.02. The first-order valence-electron chi connectivity index (χ1n) is 6.84. The van der Waals surface area contributed by atoms with E-state index in [1.54, 1.807) is 31.3 Å². The minimum atomic E-state index is -0.973. The lowest BCUT2D eigenvalue weighted by Gasteiger charge is -2.16. The quantitative estimate of drug-likeness (QED) is 0.863. The summed E-state index contributed by atoms with van der Waals surface area (Å²) in [6.07, 6.45) is 1.61. The van der Waals surface area contributed by atoms with Crippen molar-refractivity contribution in [3.63, 3.8) is 0 Å². The van der Waals surface area contributed by atoms with Crippen molar-refractivity contribution in [1.29, 1.82) is 0 Å². The second-order valence-corrected chi connectivity index (χ2v) is 5.95. The van der Waals surface area contributed by atoms with Crippen molar-refractivity contribution in [2.24, 2.45) is 5.92 Å². The molecule has 23 heavy (non-hydrogen) atoms. The van der Waals surface area contributed by atoms with Gasteiger partial charge in [0.25, 0.3) is 5.91 Å². The minimum Gasteiger partial charge on any atom is -0.481 e. The van der Waals surface area contributed by atoms with Gasteiger partial charge in [-0.2, -0.15) is 5.10 Å². The van der Waals surface area contributed by atoms with E-state index in [-0.39, 0.29) is 5.69 Å².